The van der Waals surface area contributed by atoms with Gasteiger partial charge in [-0.15, -0.1) is 12.3 Å². The summed E-state index contributed by atoms with van der Waals surface area (Å²) in [5.41, 5.74) is 2.89. The number of rotatable bonds is 7. The minimum absolute atomic E-state index is 0.00821. The molecule has 0 N–H and O–H groups in total. The highest BCUT2D eigenvalue weighted by Gasteiger charge is 2.46. The minimum Gasteiger partial charge on any atom is -0.407 e. The number of hydrogen-bond donors (Lipinski definition) is 0. The molecule has 21 heavy (non-hydrogen) atoms. The maximum absolute atomic E-state index is 6.86. The van der Waals surface area contributed by atoms with Crippen LogP contribution < -0.4 is 0 Å². The van der Waals surface area contributed by atoms with Gasteiger partial charge in [0.05, 0.1) is 6.10 Å². The lowest BCUT2D eigenvalue weighted by Crippen LogP contribution is -2.48. The van der Waals surface area contributed by atoms with Crippen LogP contribution in [0.5, 0.6) is 0 Å². The summed E-state index contributed by atoms with van der Waals surface area (Å²) >= 11 is 0. The van der Waals surface area contributed by atoms with Crippen molar-refractivity contribution in [2.75, 3.05) is 0 Å². The fourth-order valence-corrected chi connectivity index (χ4v) is 9.29. The largest absolute Gasteiger partial charge is 0.407 e. The second-order valence-corrected chi connectivity index (χ2v) is 12.3. The molecule has 0 aliphatic carbocycles. The Kier molecular flexibility index (Phi) is 6.31. The molecule has 0 saturated heterocycles. The second-order valence-electron chi connectivity index (χ2n) is 6.88. The van der Waals surface area contributed by atoms with Crippen LogP contribution in [0.25, 0.3) is 0 Å². The van der Waals surface area contributed by atoms with Gasteiger partial charge in [0.25, 0.3) is 0 Å². The van der Waals surface area contributed by atoms with E-state index in [-0.39, 0.29) is 6.10 Å². The molecule has 0 saturated carbocycles. The number of terminal acetylenes is 1. The van der Waals surface area contributed by atoms with Gasteiger partial charge in [0.1, 0.15) is 0 Å². The van der Waals surface area contributed by atoms with Crippen molar-refractivity contribution in [3.05, 3.63) is 24.0 Å². The predicted octanol–water partition coefficient (Wildman–Crippen LogP) is 5.28. The Balaban J connectivity index is 3.20. The number of aryl methyl sites for hydroxylation is 1. The summed E-state index contributed by atoms with van der Waals surface area (Å²) in [7, 11) is 0.145. The zero-order valence-electron chi connectivity index (χ0n) is 14.7. The Morgan fingerprint density at radius 1 is 1.14 bits per heavy atom. The molecule has 1 rings (SSSR count). The van der Waals surface area contributed by atoms with Crippen LogP contribution in [0.2, 0.25) is 16.6 Å². The molecule has 0 bridgehead atoms. The lowest BCUT2D eigenvalue weighted by Gasteiger charge is -2.44. The van der Waals surface area contributed by atoms with Crippen molar-refractivity contribution < 1.29 is 4.43 Å². The van der Waals surface area contributed by atoms with Crippen LogP contribution in [0, 0.1) is 12.3 Å². The van der Waals surface area contributed by atoms with Crippen molar-refractivity contribution >= 4 is 8.32 Å². The van der Waals surface area contributed by atoms with Crippen molar-refractivity contribution in [2.24, 2.45) is 7.05 Å². The molecular formula is C18H31NOSi. The summed E-state index contributed by atoms with van der Waals surface area (Å²) in [5, 5.41) is 0. The number of hydrogen-bond acceptors (Lipinski definition) is 1. The van der Waals surface area contributed by atoms with E-state index in [1.165, 1.54) is 5.69 Å². The molecule has 0 aliphatic heterocycles. The molecule has 1 aromatic heterocycles. The second kappa shape index (κ2) is 7.33. The Bertz CT molecular complexity index is 460. The van der Waals surface area contributed by atoms with Gasteiger partial charge in [0, 0.05) is 25.4 Å². The Morgan fingerprint density at radius 3 is 2.00 bits per heavy atom. The first-order valence-corrected chi connectivity index (χ1v) is 10.1. The Morgan fingerprint density at radius 2 is 1.67 bits per heavy atom. The van der Waals surface area contributed by atoms with Gasteiger partial charge in [-0.1, -0.05) is 41.5 Å². The lowest BCUT2D eigenvalue weighted by molar-refractivity contribution is 0.173. The SMILES string of the molecule is C#CCC(O[Si](C(C)C)(C(C)C)C(C)C)c1cccn1C. The Hall–Kier alpha value is -0.983. The highest BCUT2D eigenvalue weighted by atomic mass is 28.4. The van der Waals surface area contributed by atoms with E-state index in [1.54, 1.807) is 0 Å². The summed E-state index contributed by atoms with van der Waals surface area (Å²) in [6.45, 7) is 13.9. The molecule has 118 valence electrons. The minimum atomic E-state index is -1.92. The van der Waals surface area contributed by atoms with Gasteiger partial charge in [-0.25, -0.2) is 0 Å². The summed E-state index contributed by atoms with van der Waals surface area (Å²) in [6, 6.07) is 4.19. The molecule has 0 spiro atoms. The van der Waals surface area contributed by atoms with E-state index in [0.717, 1.165) is 0 Å². The van der Waals surface area contributed by atoms with E-state index in [2.05, 4.69) is 77.4 Å². The Labute approximate surface area is 132 Å². The fraction of sp³-hybridized carbons (Fsp3) is 0.667. The summed E-state index contributed by atoms with van der Waals surface area (Å²) < 4.78 is 8.99. The van der Waals surface area contributed by atoms with Crippen molar-refractivity contribution in [3.63, 3.8) is 0 Å². The van der Waals surface area contributed by atoms with Crippen LogP contribution in [-0.2, 0) is 11.5 Å². The molecule has 1 aromatic rings. The number of aromatic nitrogens is 1. The van der Waals surface area contributed by atoms with Gasteiger partial charge in [0.2, 0.25) is 8.32 Å². The first-order valence-electron chi connectivity index (χ1n) is 7.99. The first-order chi connectivity index (χ1) is 9.77. The van der Waals surface area contributed by atoms with Gasteiger partial charge in [-0.3, -0.25) is 0 Å². The van der Waals surface area contributed by atoms with Crippen LogP contribution >= 0.6 is 0 Å². The maximum atomic E-state index is 6.86. The van der Waals surface area contributed by atoms with Gasteiger partial charge < -0.3 is 8.99 Å². The monoisotopic (exact) mass is 305 g/mol. The van der Waals surface area contributed by atoms with E-state index in [1.807, 2.05) is 0 Å². The highest BCUT2D eigenvalue weighted by molar-refractivity contribution is 6.77. The van der Waals surface area contributed by atoms with Gasteiger partial charge >= 0.3 is 0 Å². The molecule has 1 unspecified atom stereocenters. The van der Waals surface area contributed by atoms with E-state index in [0.29, 0.717) is 23.0 Å². The molecular weight excluding hydrogens is 274 g/mol. The molecule has 0 aliphatic rings. The third-order valence-electron chi connectivity index (χ3n) is 4.67. The van der Waals surface area contributed by atoms with E-state index in [4.69, 9.17) is 10.8 Å². The summed E-state index contributed by atoms with van der Waals surface area (Å²) in [6.07, 6.45) is 8.32. The van der Waals surface area contributed by atoms with Crippen molar-refractivity contribution in [1.82, 2.24) is 4.57 Å². The van der Waals surface area contributed by atoms with Crippen molar-refractivity contribution in [2.45, 2.75) is 70.7 Å². The molecule has 1 atom stereocenters. The molecule has 2 nitrogen and oxygen atoms in total. The molecule has 0 radical (unpaired) electrons. The molecule has 0 fully saturated rings. The summed E-state index contributed by atoms with van der Waals surface area (Å²) in [5.74, 6) is 2.81. The van der Waals surface area contributed by atoms with Crippen LogP contribution in [0.1, 0.15) is 59.8 Å². The van der Waals surface area contributed by atoms with Crippen molar-refractivity contribution in [1.29, 1.82) is 0 Å². The predicted molar refractivity (Wildman–Crippen MR) is 93.7 cm³/mol. The quantitative estimate of drug-likeness (QED) is 0.493. The van der Waals surface area contributed by atoms with Crippen LogP contribution in [0.15, 0.2) is 18.3 Å². The molecule has 0 aromatic carbocycles. The first kappa shape index (κ1) is 18.1. The lowest BCUT2D eigenvalue weighted by atomic mass is 10.2. The average molecular weight is 306 g/mol. The van der Waals surface area contributed by atoms with Crippen molar-refractivity contribution in [3.8, 4) is 12.3 Å². The highest BCUT2D eigenvalue weighted by Crippen LogP contribution is 2.45. The normalized spacial score (nSPS) is 14.0. The molecule has 1 heterocycles. The maximum Gasteiger partial charge on any atom is 0.201 e. The average Bonchev–Trinajstić information content (AvgIpc) is 2.79. The molecule has 0 amide bonds. The topological polar surface area (TPSA) is 14.2 Å². The zero-order valence-corrected chi connectivity index (χ0v) is 15.7. The van der Waals surface area contributed by atoms with E-state index >= 15 is 0 Å². The fourth-order valence-electron chi connectivity index (χ4n) is 3.78. The summed E-state index contributed by atoms with van der Waals surface area (Å²) in [4.78, 5) is 0. The molecule has 3 heteroatoms. The van der Waals surface area contributed by atoms with Crippen LogP contribution in [0.3, 0.4) is 0 Å². The van der Waals surface area contributed by atoms with E-state index in [9.17, 15) is 0 Å². The number of nitrogens with zero attached hydrogens (tertiary/aromatic N) is 1. The third kappa shape index (κ3) is 3.62. The van der Waals surface area contributed by atoms with E-state index < -0.39 is 8.32 Å². The van der Waals surface area contributed by atoms with Gasteiger partial charge in [0.15, 0.2) is 0 Å². The van der Waals surface area contributed by atoms with Crippen LogP contribution in [-0.4, -0.2) is 12.9 Å². The van der Waals surface area contributed by atoms with Crippen LogP contribution in [0.4, 0.5) is 0 Å². The standard InChI is InChI=1S/C18H31NOSi/c1-9-11-18(17-12-10-13-19(17)8)20-21(14(2)3,15(4)5)16(6)7/h1,10,12-16,18H,11H2,2-8H3. The van der Waals surface area contributed by atoms with Gasteiger partial charge in [-0.2, -0.15) is 0 Å². The van der Waals surface area contributed by atoms with Gasteiger partial charge in [-0.05, 0) is 28.8 Å². The smallest absolute Gasteiger partial charge is 0.201 e. The zero-order chi connectivity index (χ0) is 16.2. The third-order valence-corrected chi connectivity index (χ3v) is 10.8.